The number of benzene rings is 2. The van der Waals surface area contributed by atoms with Gasteiger partial charge in [0.1, 0.15) is 5.03 Å². The average molecular weight is 377 g/mol. The molecule has 0 aliphatic heterocycles. The van der Waals surface area contributed by atoms with Gasteiger partial charge in [-0.05, 0) is 44.5 Å². The molecule has 0 amide bonds. The van der Waals surface area contributed by atoms with E-state index in [1.165, 1.54) is 0 Å². The summed E-state index contributed by atoms with van der Waals surface area (Å²) in [5.74, 6) is 0. The second-order valence-corrected chi connectivity index (χ2v) is 7.81. The van der Waals surface area contributed by atoms with E-state index in [1.54, 1.807) is 17.8 Å². The van der Waals surface area contributed by atoms with Crippen molar-refractivity contribution >= 4 is 35.0 Å². The molecular formula is C19H18Cl2N2S. The first-order chi connectivity index (χ1) is 11.5. The molecule has 2 aromatic carbocycles. The highest BCUT2D eigenvalue weighted by atomic mass is 35.5. The van der Waals surface area contributed by atoms with Crippen LogP contribution in [-0.4, -0.2) is 9.78 Å². The van der Waals surface area contributed by atoms with Gasteiger partial charge in [-0.3, -0.25) is 4.68 Å². The van der Waals surface area contributed by atoms with Gasteiger partial charge in [0.15, 0.2) is 0 Å². The highest BCUT2D eigenvalue weighted by Gasteiger charge is 2.19. The van der Waals surface area contributed by atoms with Gasteiger partial charge in [0, 0.05) is 26.5 Å². The molecule has 0 N–H and O–H groups in total. The minimum absolute atomic E-state index is 0.262. The van der Waals surface area contributed by atoms with Gasteiger partial charge in [-0.15, -0.1) is 0 Å². The number of nitrogens with zero attached hydrogens (tertiary/aromatic N) is 2. The van der Waals surface area contributed by atoms with Gasteiger partial charge in [-0.25, -0.2) is 0 Å². The third-order valence-corrected chi connectivity index (χ3v) is 5.14. The first kappa shape index (κ1) is 17.4. The van der Waals surface area contributed by atoms with E-state index in [1.807, 2.05) is 30.3 Å². The Morgan fingerprint density at radius 3 is 2.21 bits per heavy atom. The smallest absolute Gasteiger partial charge is 0.107 e. The van der Waals surface area contributed by atoms with Crippen molar-refractivity contribution in [2.24, 2.45) is 0 Å². The van der Waals surface area contributed by atoms with Crippen LogP contribution < -0.4 is 0 Å². The maximum absolute atomic E-state index is 6.16. The third-order valence-electron chi connectivity index (χ3n) is 3.64. The van der Waals surface area contributed by atoms with Crippen LogP contribution in [0.5, 0.6) is 0 Å². The molecule has 5 heteroatoms. The zero-order valence-corrected chi connectivity index (χ0v) is 16.1. The minimum atomic E-state index is 0.262. The predicted octanol–water partition coefficient (Wildman–Crippen LogP) is 6.90. The lowest BCUT2D eigenvalue weighted by Gasteiger charge is -2.13. The first-order valence-electron chi connectivity index (χ1n) is 7.74. The summed E-state index contributed by atoms with van der Waals surface area (Å²) < 4.78 is 2.07. The van der Waals surface area contributed by atoms with Gasteiger partial charge in [0.2, 0.25) is 0 Å². The number of rotatable bonds is 4. The molecule has 0 unspecified atom stereocenters. The quantitative estimate of drug-likeness (QED) is 0.492. The lowest BCUT2D eigenvalue weighted by atomic mass is 10.1. The predicted molar refractivity (Wildman–Crippen MR) is 103 cm³/mol. The summed E-state index contributed by atoms with van der Waals surface area (Å²) in [4.78, 5) is 1.01. The van der Waals surface area contributed by atoms with Gasteiger partial charge in [0.25, 0.3) is 0 Å². The fraction of sp³-hybridized carbons (Fsp3) is 0.211. The number of hydrogen-bond donors (Lipinski definition) is 0. The Hall–Kier alpha value is -1.42. The van der Waals surface area contributed by atoms with Crippen LogP contribution in [0, 0.1) is 6.92 Å². The highest BCUT2D eigenvalue weighted by Crippen LogP contribution is 2.40. The number of aryl methyl sites for hydroxylation is 1. The Kier molecular flexibility index (Phi) is 5.24. The molecule has 0 radical (unpaired) electrons. The van der Waals surface area contributed by atoms with Crippen molar-refractivity contribution in [3.63, 3.8) is 0 Å². The Labute approximate surface area is 156 Å². The SMILES string of the molecule is Cc1nn(C(C)C)c(Sc2cc(Cl)cc(Cl)c2)c1-c1ccccc1. The van der Waals surface area contributed by atoms with Gasteiger partial charge >= 0.3 is 0 Å². The normalized spacial score (nSPS) is 11.2. The van der Waals surface area contributed by atoms with Gasteiger partial charge in [-0.2, -0.15) is 5.10 Å². The molecule has 0 saturated carbocycles. The molecule has 0 fully saturated rings. The molecule has 24 heavy (non-hydrogen) atoms. The van der Waals surface area contributed by atoms with Crippen molar-refractivity contribution in [3.05, 3.63) is 64.3 Å². The van der Waals surface area contributed by atoms with E-state index in [2.05, 4.69) is 37.6 Å². The first-order valence-corrected chi connectivity index (χ1v) is 9.31. The molecule has 0 saturated heterocycles. The second-order valence-electron chi connectivity index (χ2n) is 5.88. The molecule has 0 aliphatic carbocycles. The molecule has 1 aromatic heterocycles. The molecular weight excluding hydrogens is 359 g/mol. The zero-order valence-electron chi connectivity index (χ0n) is 13.8. The topological polar surface area (TPSA) is 17.8 Å². The highest BCUT2D eigenvalue weighted by molar-refractivity contribution is 7.99. The Morgan fingerprint density at radius 1 is 1.00 bits per heavy atom. The number of hydrogen-bond acceptors (Lipinski definition) is 2. The van der Waals surface area contributed by atoms with E-state index in [4.69, 9.17) is 28.3 Å². The fourth-order valence-corrected chi connectivity index (χ4v) is 4.57. The lowest BCUT2D eigenvalue weighted by Crippen LogP contribution is -2.04. The maximum atomic E-state index is 6.16. The summed E-state index contributed by atoms with van der Waals surface area (Å²) in [7, 11) is 0. The van der Waals surface area contributed by atoms with Crippen LogP contribution in [0.1, 0.15) is 25.6 Å². The fourth-order valence-electron chi connectivity index (χ4n) is 2.61. The van der Waals surface area contributed by atoms with Crippen LogP contribution in [0.2, 0.25) is 10.0 Å². The van der Waals surface area contributed by atoms with Crippen molar-refractivity contribution in [1.82, 2.24) is 9.78 Å². The summed E-state index contributed by atoms with van der Waals surface area (Å²) in [5, 5.41) is 7.14. The van der Waals surface area contributed by atoms with Crippen molar-refractivity contribution in [1.29, 1.82) is 0 Å². The minimum Gasteiger partial charge on any atom is -0.255 e. The summed E-state index contributed by atoms with van der Waals surface area (Å²) >= 11 is 14.0. The van der Waals surface area contributed by atoms with Gasteiger partial charge in [0.05, 0.1) is 5.69 Å². The molecule has 0 bridgehead atoms. The lowest BCUT2D eigenvalue weighted by molar-refractivity contribution is 0.491. The van der Waals surface area contributed by atoms with Crippen LogP contribution >= 0.6 is 35.0 Å². The summed E-state index contributed by atoms with van der Waals surface area (Å²) in [6.07, 6.45) is 0. The van der Waals surface area contributed by atoms with Crippen LogP contribution in [0.25, 0.3) is 11.1 Å². The maximum Gasteiger partial charge on any atom is 0.107 e. The second kappa shape index (κ2) is 7.22. The third kappa shape index (κ3) is 3.64. The summed E-state index contributed by atoms with van der Waals surface area (Å²) in [5.41, 5.74) is 3.34. The number of aromatic nitrogens is 2. The average Bonchev–Trinajstić information content (AvgIpc) is 2.84. The van der Waals surface area contributed by atoms with E-state index in [-0.39, 0.29) is 6.04 Å². The molecule has 0 atom stereocenters. The molecule has 2 nitrogen and oxygen atoms in total. The summed E-state index contributed by atoms with van der Waals surface area (Å²) in [6.45, 7) is 6.32. The van der Waals surface area contributed by atoms with Gasteiger partial charge < -0.3 is 0 Å². The summed E-state index contributed by atoms with van der Waals surface area (Å²) in [6, 6.07) is 16.2. The van der Waals surface area contributed by atoms with Crippen LogP contribution in [0.15, 0.2) is 58.5 Å². The monoisotopic (exact) mass is 376 g/mol. The van der Waals surface area contributed by atoms with Crippen LogP contribution in [0.4, 0.5) is 0 Å². The molecule has 0 spiro atoms. The molecule has 0 aliphatic rings. The van der Waals surface area contributed by atoms with E-state index in [0.29, 0.717) is 10.0 Å². The van der Waals surface area contributed by atoms with Crippen molar-refractivity contribution < 1.29 is 0 Å². The molecule has 124 valence electrons. The van der Waals surface area contributed by atoms with E-state index in [9.17, 15) is 0 Å². The Balaban J connectivity index is 2.14. The molecule has 3 rings (SSSR count). The Morgan fingerprint density at radius 2 is 1.62 bits per heavy atom. The molecule has 1 heterocycles. The van der Waals surface area contributed by atoms with Crippen molar-refractivity contribution in [2.75, 3.05) is 0 Å². The van der Waals surface area contributed by atoms with Gasteiger partial charge in [-0.1, -0.05) is 65.3 Å². The standard InChI is InChI=1S/C19H18Cl2N2S/c1-12(2)23-19(24-17-10-15(20)9-16(21)11-17)18(13(3)22-23)14-7-5-4-6-8-14/h4-12H,1-3H3. The van der Waals surface area contributed by atoms with E-state index in [0.717, 1.165) is 26.7 Å². The van der Waals surface area contributed by atoms with Crippen LogP contribution in [-0.2, 0) is 0 Å². The number of halogens is 2. The molecule has 3 aromatic rings. The van der Waals surface area contributed by atoms with Crippen molar-refractivity contribution in [3.8, 4) is 11.1 Å². The Bertz CT molecular complexity index is 837. The zero-order chi connectivity index (χ0) is 17.3. The van der Waals surface area contributed by atoms with Crippen molar-refractivity contribution in [2.45, 2.75) is 36.7 Å². The largest absolute Gasteiger partial charge is 0.255 e. The van der Waals surface area contributed by atoms with E-state index < -0.39 is 0 Å². The van der Waals surface area contributed by atoms with Crippen LogP contribution in [0.3, 0.4) is 0 Å². The van der Waals surface area contributed by atoms with E-state index >= 15 is 0 Å².